The van der Waals surface area contributed by atoms with Crippen molar-refractivity contribution in [1.82, 2.24) is 4.90 Å². The van der Waals surface area contributed by atoms with Gasteiger partial charge in [-0.2, -0.15) is 0 Å². The molecule has 3 rings (SSSR count). The van der Waals surface area contributed by atoms with E-state index in [9.17, 15) is 9.59 Å². The van der Waals surface area contributed by atoms with Crippen molar-refractivity contribution in [2.75, 3.05) is 26.6 Å². The van der Waals surface area contributed by atoms with E-state index in [0.29, 0.717) is 48.1 Å². The highest BCUT2D eigenvalue weighted by Gasteiger charge is 2.26. The molecule has 2 aliphatic heterocycles. The van der Waals surface area contributed by atoms with Crippen LogP contribution >= 0.6 is 11.6 Å². The summed E-state index contributed by atoms with van der Waals surface area (Å²) in [4.78, 5) is 25.0. The van der Waals surface area contributed by atoms with E-state index in [1.807, 2.05) is 0 Å². The highest BCUT2D eigenvalue weighted by molar-refractivity contribution is 6.32. The minimum atomic E-state index is -1.04. The molecular weight excluding hydrogens is 350 g/mol. The zero-order chi connectivity index (χ0) is 17.8. The van der Waals surface area contributed by atoms with Crippen LogP contribution in [0.1, 0.15) is 18.4 Å². The van der Waals surface area contributed by atoms with Crippen LogP contribution in [0.2, 0.25) is 5.02 Å². The third kappa shape index (κ3) is 4.24. The Morgan fingerprint density at radius 2 is 2.04 bits per heavy atom. The van der Waals surface area contributed by atoms with Crippen LogP contribution in [0, 0.1) is 0 Å². The number of fused-ring (bicyclic) bond motifs is 1. The average Bonchev–Trinajstić information content (AvgIpc) is 3.07. The summed E-state index contributed by atoms with van der Waals surface area (Å²) < 4.78 is 15.8. The molecule has 0 spiro atoms. The number of carbonyl (C=O) groups is 2. The van der Waals surface area contributed by atoms with Crippen molar-refractivity contribution in [2.45, 2.75) is 18.9 Å². The summed E-state index contributed by atoms with van der Waals surface area (Å²) in [6.45, 7) is 0.818. The minimum Gasteiger partial charge on any atom is -0.480 e. The summed E-state index contributed by atoms with van der Waals surface area (Å²) in [5.74, 6) is -0.395. The molecule has 1 fully saturated rings. The minimum absolute atomic E-state index is 0.108. The second-order valence-electron chi connectivity index (χ2n) is 5.77. The number of benzene rings is 1. The third-order valence-corrected chi connectivity index (χ3v) is 4.37. The van der Waals surface area contributed by atoms with Crippen LogP contribution in [0.3, 0.4) is 0 Å². The van der Waals surface area contributed by atoms with Crippen LogP contribution in [0.15, 0.2) is 18.2 Å². The molecule has 2 aliphatic rings. The van der Waals surface area contributed by atoms with Gasteiger partial charge >= 0.3 is 5.97 Å². The molecule has 0 aliphatic carbocycles. The Morgan fingerprint density at radius 3 is 2.76 bits per heavy atom. The first-order valence-electron chi connectivity index (χ1n) is 7.92. The molecule has 134 valence electrons. The maximum absolute atomic E-state index is 12.5. The molecule has 1 amide bonds. The van der Waals surface area contributed by atoms with Crippen LogP contribution in [0.25, 0.3) is 6.08 Å². The van der Waals surface area contributed by atoms with Crippen LogP contribution in [0.5, 0.6) is 11.5 Å². The van der Waals surface area contributed by atoms with Gasteiger partial charge in [0.25, 0.3) is 0 Å². The van der Waals surface area contributed by atoms with E-state index < -0.39 is 5.97 Å². The molecule has 1 saturated heterocycles. The summed E-state index contributed by atoms with van der Waals surface area (Å²) in [6, 6.07) is 3.24. The lowest BCUT2D eigenvalue weighted by Crippen LogP contribution is -2.45. The molecule has 1 aromatic carbocycles. The Morgan fingerprint density at radius 1 is 1.28 bits per heavy atom. The number of ether oxygens (including phenoxy) is 3. The number of halogens is 1. The quantitative estimate of drug-likeness (QED) is 0.803. The fraction of sp³-hybridized carbons (Fsp3) is 0.412. The van der Waals surface area contributed by atoms with Crippen LogP contribution in [0.4, 0.5) is 0 Å². The summed E-state index contributed by atoms with van der Waals surface area (Å²) in [7, 11) is 0. The fourth-order valence-electron chi connectivity index (χ4n) is 2.88. The van der Waals surface area contributed by atoms with Gasteiger partial charge in [0.2, 0.25) is 12.7 Å². The summed E-state index contributed by atoms with van der Waals surface area (Å²) >= 11 is 6.12. The van der Waals surface area contributed by atoms with Gasteiger partial charge in [0.05, 0.1) is 5.02 Å². The highest BCUT2D eigenvalue weighted by atomic mass is 35.5. The Balaban J connectivity index is 1.75. The Bertz CT molecular complexity index is 699. The molecule has 1 aromatic rings. The van der Waals surface area contributed by atoms with Crippen molar-refractivity contribution in [2.24, 2.45) is 0 Å². The molecular formula is C17H18ClNO6. The molecule has 0 saturated carbocycles. The SMILES string of the molecule is O=C(O)CN(C(=O)C=Cc1cc(Cl)c2c(c1)OCO2)C1CCOCC1. The van der Waals surface area contributed by atoms with Crippen molar-refractivity contribution in [1.29, 1.82) is 0 Å². The summed E-state index contributed by atoms with van der Waals surface area (Å²) in [5, 5.41) is 9.49. The van der Waals surface area contributed by atoms with Gasteiger partial charge in [-0.1, -0.05) is 11.6 Å². The standard InChI is InChI=1S/C17H18ClNO6/c18-13-7-11(8-14-17(13)25-10-24-14)1-2-15(20)19(9-16(21)22)12-3-5-23-6-4-12/h1-2,7-8,12H,3-6,9-10H2,(H,21,22). The molecule has 2 heterocycles. The number of rotatable bonds is 5. The van der Waals surface area contributed by atoms with Crippen LogP contribution in [-0.4, -0.2) is 54.5 Å². The molecule has 1 N–H and O–H groups in total. The number of aliphatic carboxylic acids is 1. The lowest BCUT2D eigenvalue weighted by Gasteiger charge is -2.32. The van der Waals surface area contributed by atoms with Crippen molar-refractivity contribution in [3.63, 3.8) is 0 Å². The van der Waals surface area contributed by atoms with E-state index in [0.717, 1.165) is 0 Å². The molecule has 0 unspecified atom stereocenters. The maximum Gasteiger partial charge on any atom is 0.323 e. The second-order valence-corrected chi connectivity index (χ2v) is 6.18. The van der Waals surface area contributed by atoms with E-state index in [1.165, 1.54) is 11.0 Å². The number of nitrogens with zero attached hydrogens (tertiary/aromatic N) is 1. The fourth-order valence-corrected chi connectivity index (χ4v) is 3.15. The lowest BCUT2D eigenvalue weighted by atomic mass is 10.1. The second kappa shape index (κ2) is 7.76. The Kier molecular flexibility index (Phi) is 5.45. The van der Waals surface area contributed by atoms with Gasteiger partial charge in [-0.3, -0.25) is 9.59 Å². The van der Waals surface area contributed by atoms with Crippen molar-refractivity contribution >= 4 is 29.6 Å². The van der Waals surface area contributed by atoms with Crippen molar-refractivity contribution in [3.8, 4) is 11.5 Å². The molecule has 8 heteroatoms. The van der Waals surface area contributed by atoms with E-state index >= 15 is 0 Å². The van der Waals surface area contributed by atoms with E-state index in [-0.39, 0.29) is 25.3 Å². The predicted molar refractivity (Wildman–Crippen MR) is 89.8 cm³/mol. The predicted octanol–water partition coefficient (Wildman–Crippen LogP) is 2.17. The number of carbonyl (C=O) groups excluding carboxylic acids is 1. The average molecular weight is 368 g/mol. The normalized spacial score (nSPS) is 17.0. The molecule has 0 radical (unpaired) electrons. The van der Waals surface area contributed by atoms with Crippen molar-refractivity contribution in [3.05, 3.63) is 28.8 Å². The number of hydrogen-bond acceptors (Lipinski definition) is 5. The topological polar surface area (TPSA) is 85.3 Å². The molecule has 7 nitrogen and oxygen atoms in total. The Labute approximate surface area is 149 Å². The van der Waals surface area contributed by atoms with E-state index in [1.54, 1.807) is 18.2 Å². The zero-order valence-electron chi connectivity index (χ0n) is 13.4. The zero-order valence-corrected chi connectivity index (χ0v) is 14.2. The van der Waals surface area contributed by atoms with E-state index in [2.05, 4.69) is 0 Å². The smallest absolute Gasteiger partial charge is 0.323 e. The van der Waals surface area contributed by atoms with Gasteiger partial charge < -0.3 is 24.2 Å². The number of carboxylic acid groups (broad SMARTS) is 1. The van der Waals surface area contributed by atoms with E-state index in [4.69, 9.17) is 30.9 Å². The Hall–Kier alpha value is -2.25. The molecule has 0 aromatic heterocycles. The summed E-state index contributed by atoms with van der Waals surface area (Å²) in [5.41, 5.74) is 0.671. The van der Waals surface area contributed by atoms with Crippen molar-refractivity contribution < 1.29 is 28.9 Å². The number of amides is 1. The lowest BCUT2D eigenvalue weighted by molar-refractivity contribution is -0.145. The summed E-state index contributed by atoms with van der Waals surface area (Å²) in [6.07, 6.45) is 4.20. The van der Waals surface area contributed by atoms with Crippen LogP contribution in [-0.2, 0) is 14.3 Å². The monoisotopic (exact) mass is 367 g/mol. The first-order chi connectivity index (χ1) is 12.0. The maximum atomic E-state index is 12.5. The first kappa shape index (κ1) is 17.6. The van der Waals surface area contributed by atoms with Gasteiger partial charge in [0, 0.05) is 25.3 Å². The number of hydrogen-bond donors (Lipinski definition) is 1. The van der Waals surface area contributed by atoms with Gasteiger partial charge in [0.1, 0.15) is 6.54 Å². The van der Waals surface area contributed by atoms with Gasteiger partial charge in [-0.15, -0.1) is 0 Å². The molecule has 0 atom stereocenters. The van der Waals surface area contributed by atoms with Gasteiger partial charge in [-0.25, -0.2) is 0 Å². The van der Waals surface area contributed by atoms with Gasteiger partial charge in [0.15, 0.2) is 11.5 Å². The first-order valence-corrected chi connectivity index (χ1v) is 8.30. The van der Waals surface area contributed by atoms with Gasteiger partial charge in [-0.05, 0) is 36.6 Å². The highest BCUT2D eigenvalue weighted by Crippen LogP contribution is 2.40. The molecule has 0 bridgehead atoms. The third-order valence-electron chi connectivity index (χ3n) is 4.09. The van der Waals surface area contributed by atoms with Crippen LogP contribution < -0.4 is 9.47 Å². The molecule has 25 heavy (non-hydrogen) atoms. The number of carboxylic acids is 1. The largest absolute Gasteiger partial charge is 0.480 e.